The lowest BCUT2D eigenvalue weighted by atomic mass is 10.1. The predicted octanol–water partition coefficient (Wildman–Crippen LogP) is 3.84. The van der Waals surface area contributed by atoms with E-state index in [1.165, 1.54) is 31.2 Å². The molecule has 0 heterocycles. The number of nitrogens with one attached hydrogen (secondary N) is 1. The van der Waals surface area contributed by atoms with Gasteiger partial charge in [-0.25, -0.2) is 0 Å². The minimum atomic E-state index is -0.232. The zero-order valence-corrected chi connectivity index (χ0v) is 12.6. The maximum absolute atomic E-state index is 5.24. The highest BCUT2D eigenvalue weighted by Gasteiger charge is 2.14. The quantitative estimate of drug-likeness (QED) is 0.543. The number of unbranched alkanes of at least 4 members (excludes halogenated alkanes) is 2. The second kappa shape index (κ2) is 8.94. The summed E-state index contributed by atoms with van der Waals surface area (Å²) in [6, 6.07) is 8.75. The third kappa shape index (κ3) is 5.62. The Kier molecular flexibility index (Phi) is 7.53. The van der Waals surface area contributed by atoms with Gasteiger partial charge in [-0.05, 0) is 37.5 Å². The van der Waals surface area contributed by atoms with Gasteiger partial charge >= 0.3 is 0 Å². The molecule has 0 aliphatic carbocycles. The SMILES string of the molecule is CCCCCc1ccc(NC(C)C(OC)OC)cc1. The first-order valence-corrected chi connectivity index (χ1v) is 7.12. The molecule has 1 N–H and O–H groups in total. The molecular weight excluding hydrogens is 238 g/mol. The molecule has 0 saturated carbocycles. The summed E-state index contributed by atoms with van der Waals surface area (Å²) in [6.07, 6.45) is 4.79. The molecule has 1 unspecified atom stereocenters. The molecule has 0 spiro atoms. The van der Waals surface area contributed by atoms with Gasteiger partial charge < -0.3 is 14.8 Å². The van der Waals surface area contributed by atoms with Crippen molar-refractivity contribution in [3.05, 3.63) is 29.8 Å². The molecule has 0 amide bonds. The van der Waals surface area contributed by atoms with Gasteiger partial charge in [-0.1, -0.05) is 31.9 Å². The summed E-state index contributed by atoms with van der Waals surface area (Å²) >= 11 is 0. The molecule has 1 aromatic rings. The zero-order valence-electron chi connectivity index (χ0n) is 12.6. The number of benzene rings is 1. The van der Waals surface area contributed by atoms with Crippen molar-refractivity contribution in [1.82, 2.24) is 0 Å². The normalized spacial score (nSPS) is 12.7. The number of hydrogen-bond acceptors (Lipinski definition) is 3. The van der Waals surface area contributed by atoms with E-state index in [-0.39, 0.29) is 12.3 Å². The maximum Gasteiger partial charge on any atom is 0.176 e. The maximum atomic E-state index is 5.24. The minimum Gasteiger partial charge on any atom is -0.377 e. The van der Waals surface area contributed by atoms with E-state index < -0.39 is 0 Å². The van der Waals surface area contributed by atoms with Gasteiger partial charge in [0, 0.05) is 19.9 Å². The second-order valence-corrected chi connectivity index (χ2v) is 4.93. The van der Waals surface area contributed by atoms with Crippen LogP contribution in [0.3, 0.4) is 0 Å². The Morgan fingerprint density at radius 1 is 1.05 bits per heavy atom. The lowest BCUT2D eigenvalue weighted by molar-refractivity contribution is -0.109. The van der Waals surface area contributed by atoms with Crippen LogP contribution in [0, 0.1) is 0 Å². The van der Waals surface area contributed by atoms with Crippen molar-refractivity contribution in [1.29, 1.82) is 0 Å². The van der Waals surface area contributed by atoms with E-state index in [1.807, 2.05) is 6.92 Å². The van der Waals surface area contributed by atoms with E-state index in [0.29, 0.717) is 0 Å². The number of anilines is 1. The molecule has 0 bridgehead atoms. The topological polar surface area (TPSA) is 30.5 Å². The highest BCUT2D eigenvalue weighted by Crippen LogP contribution is 2.14. The van der Waals surface area contributed by atoms with Crippen LogP contribution in [0.5, 0.6) is 0 Å². The van der Waals surface area contributed by atoms with Crippen molar-refractivity contribution >= 4 is 5.69 Å². The van der Waals surface area contributed by atoms with Crippen LogP contribution in [0.4, 0.5) is 5.69 Å². The van der Waals surface area contributed by atoms with E-state index in [0.717, 1.165) is 5.69 Å². The Labute approximate surface area is 117 Å². The second-order valence-electron chi connectivity index (χ2n) is 4.93. The smallest absolute Gasteiger partial charge is 0.176 e. The zero-order chi connectivity index (χ0) is 14.1. The third-order valence-corrected chi connectivity index (χ3v) is 3.29. The highest BCUT2D eigenvalue weighted by molar-refractivity contribution is 5.45. The predicted molar refractivity (Wildman–Crippen MR) is 80.6 cm³/mol. The number of methoxy groups -OCH3 is 2. The summed E-state index contributed by atoms with van der Waals surface area (Å²) < 4.78 is 10.5. The fraction of sp³-hybridized carbons (Fsp3) is 0.625. The van der Waals surface area contributed by atoms with Crippen molar-refractivity contribution in [2.24, 2.45) is 0 Å². The Balaban J connectivity index is 2.47. The summed E-state index contributed by atoms with van der Waals surface area (Å²) in [4.78, 5) is 0. The van der Waals surface area contributed by atoms with Crippen LogP contribution in [0.15, 0.2) is 24.3 Å². The number of aryl methyl sites for hydroxylation is 1. The molecule has 1 aromatic carbocycles. The molecule has 0 radical (unpaired) electrons. The van der Waals surface area contributed by atoms with Gasteiger partial charge in [0.25, 0.3) is 0 Å². The van der Waals surface area contributed by atoms with Crippen molar-refractivity contribution < 1.29 is 9.47 Å². The fourth-order valence-corrected chi connectivity index (χ4v) is 2.18. The van der Waals surface area contributed by atoms with Gasteiger partial charge in [0.05, 0.1) is 6.04 Å². The van der Waals surface area contributed by atoms with Crippen molar-refractivity contribution in [3.8, 4) is 0 Å². The highest BCUT2D eigenvalue weighted by atomic mass is 16.7. The third-order valence-electron chi connectivity index (χ3n) is 3.29. The Bertz CT molecular complexity index is 333. The van der Waals surface area contributed by atoms with Gasteiger partial charge in [-0.2, -0.15) is 0 Å². The van der Waals surface area contributed by atoms with E-state index in [2.05, 4.69) is 36.5 Å². The molecule has 0 saturated heterocycles. The van der Waals surface area contributed by atoms with E-state index >= 15 is 0 Å². The van der Waals surface area contributed by atoms with Crippen LogP contribution in [0.2, 0.25) is 0 Å². The molecule has 0 aliphatic heterocycles. The molecule has 1 atom stereocenters. The lowest BCUT2D eigenvalue weighted by Gasteiger charge is -2.23. The first kappa shape index (κ1) is 16.0. The van der Waals surface area contributed by atoms with Crippen LogP contribution >= 0.6 is 0 Å². The first-order valence-electron chi connectivity index (χ1n) is 7.12. The Morgan fingerprint density at radius 3 is 2.21 bits per heavy atom. The molecule has 1 rings (SSSR count). The Hall–Kier alpha value is -1.06. The monoisotopic (exact) mass is 265 g/mol. The molecule has 0 aromatic heterocycles. The van der Waals surface area contributed by atoms with Gasteiger partial charge in [0.2, 0.25) is 0 Å². The van der Waals surface area contributed by atoms with Gasteiger partial charge in [-0.3, -0.25) is 0 Å². The number of rotatable bonds is 9. The van der Waals surface area contributed by atoms with Gasteiger partial charge in [0.15, 0.2) is 6.29 Å². The first-order chi connectivity index (χ1) is 9.21. The molecule has 19 heavy (non-hydrogen) atoms. The summed E-state index contributed by atoms with van der Waals surface area (Å²) in [5.74, 6) is 0. The molecule has 3 heteroatoms. The summed E-state index contributed by atoms with van der Waals surface area (Å²) in [6.45, 7) is 4.28. The minimum absolute atomic E-state index is 0.112. The number of ether oxygens (including phenoxy) is 2. The van der Waals surface area contributed by atoms with Crippen LogP contribution in [0.25, 0.3) is 0 Å². The van der Waals surface area contributed by atoms with Crippen molar-refractivity contribution in [2.45, 2.75) is 51.9 Å². The summed E-state index contributed by atoms with van der Waals surface area (Å²) in [5.41, 5.74) is 2.51. The molecule has 108 valence electrons. The molecule has 3 nitrogen and oxygen atoms in total. The standard InChI is InChI=1S/C16H27NO2/c1-5-6-7-8-14-9-11-15(12-10-14)17-13(2)16(18-3)19-4/h9-13,16-17H,5-8H2,1-4H3. The van der Waals surface area contributed by atoms with Crippen LogP contribution in [0.1, 0.15) is 38.7 Å². The average molecular weight is 265 g/mol. The molecule has 0 fully saturated rings. The van der Waals surface area contributed by atoms with Crippen molar-refractivity contribution in [3.63, 3.8) is 0 Å². The largest absolute Gasteiger partial charge is 0.377 e. The molecular formula is C16H27NO2. The summed E-state index contributed by atoms with van der Waals surface area (Å²) in [7, 11) is 3.31. The van der Waals surface area contributed by atoms with Crippen molar-refractivity contribution in [2.75, 3.05) is 19.5 Å². The van der Waals surface area contributed by atoms with Gasteiger partial charge in [-0.15, -0.1) is 0 Å². The van der Waals surface area contributed by atoms with Crippen LogP contribution < -0.4 is 5.32 Å². The number of hydrogen-bond donors (Lipinski definition) is 1. The fourth-order valence-electron chi connectivity index (χ4n) is 2.18. The van der Waals surface area contributed by atoms with E-state index in [1.54, 1.807) is 14.2 Å². The Morgan fingerprint density at radius 2 is 1.68 bits per heavy atom. The van der Waals surface area contributed by atoms with Gasteiger partial charge in [0.1, 0.15) is 0 Å². The van der Waals surface area contributed by atoms with Crippen LogP contribution in [-0.4, -0.2) is 26.6 Å². The average Bonchev–Trinajstić information content (AvgIpc) is 2.42. The molecule has 0 aliphatic rings. The summed E-state index contributed by atoms with van der Waals surface area (Å²) in [5, 5.41) is 3.39. The lowest BCUT2D eigenvalue weighted by Crippen LogP contribution is -2.33. The van der Waals surface area contributed by atoms with E-state index in [4.69, 9.17) is 9.47 Å². The van der Waals surface area contributed by atoms with Crippen LogP contribution in [-0.2, 0) is 15.9 Å². The van der Waals surface area contributed by atoms with E-state index in [9.17, 15) is 0 Å².